The molecule has 2 unspecified atom stereocenters. The summed E-state index contributed by atoms with van der Waals surface area (Å²) in [6.07, 6.45) is 1.12. The molecule has 2 rings (SSSR count). The number of guanidine groups is 1. The van der Waals surface area contributed by atoms with Crippen LogP contribution >= 0.6 is 24.0 Å². The Balaban J connectivity index is 0.00000338. The first-order chi connectivity index (χ1) is 12.0. The molecular formula is C19H32FIN4O. The Morgan fingerprint density at radius 1 is 1.46 bits per heavy atom. The predicted octanol–water partition coefficient (Wildman–Crippen LogP) is 2.98. The number of ether oxygens (including phenoxy) is 1. The van der Waals surface area contributed by atoms with Crippen LogP contribution in [-0.4, -0.2) is 69.8 Å². The van der Waals surface area contributed by atoms with Gasteiger partial charge in [-0.15, -0.1) is 24.0 Å². The van der Waals surface area contributed by atoms with Crippen molar-refractivity contribution in [2.24, 2.45) is 10.9 Å². The average Bonchev–Trinajstić information content (AvgIpc) is 3.03. The number of hydrogen-bond donors (Lipinski definition) is 1. The zero-order valence-electron chi connectivity index (χ0n) is 16.2. The van der Waals surface area contributed by atoms with E-state index >= 15 is 0 Å². The SMILES string of the molecule is CCNC(=NCC(c1cccc(F)c1)N(C)C)N1CCC(COC)C1.I. The van der Waals surface area contributed by atoms with E-state index in [9.17, 15) is 4.39 Å². The zero-order chi connectivity index (χ0) is 18.2. The number of benzene rings is 1. The lowest BCUT2D eigenvalue weighted by Gasteiger charge is -2.26. The van der Waals surface area contributed by atoms with E-state index in [0.29, 0.717) is 12.5 Å². The number of likely N-dealkylation sites (tertiary alicyclic amines) is 1. The molecule has 0 saturated carbocycles. The fourth-order valence-electron chi connectivity index (χ4n) is 3.28. The second-order valence-electron chi connectivity index (χ2n) is 6.79. The molecule has 7 heteroatoms. The van der Waals surface area contributed by atoms with Crippen molar-refractivity contribution in [2.75, 3.05) is 54.0 Å². The Kier molecular flexibility index (Phi) is 10.4. The lowest BCUT2D eigenvalue weighted by atomic mass is 10.1. The van der Waals surface area contributed by atoms with Crippen molar-refractivity contribution in [1.29, 1.82) is 0 Å². The molecule has 2 atom stereocenters. The van der Waals surface area contributed by atoms with E-state index in [4.69, 9.17) is 9.73 Å². The number of halogens is 2. The third-order valence-electron chi connectivity index (χ3n) is 4.59. The largest absolute Gasteiger partial charge is 0.384 e. The monoisotopic (exact) mass is 478 g/mol. The van der Waals surface area contributed by atoms with Gasteiger partial charge in [-0.2, -0.15) is 0 Å². The molecule has 1 saturated heterocycles. The summed E-state index contributed by atoms with van der Waals surface area (Å²) < 4.78 is 18.9. The molecule has 0 bridgehead atoms. The minimum atomic E-state index is -0.206. The molecule has 1 fully saturated rings. The topological polar surface area (TPSA) is 40.1 Å². The zero-order valence-corrected chi connectivity index (χ0v) is 18.6. The number of nitrogens with zero attached hydrogens (tertiary/aromatic N) is 3. The second-order valence-corrected chi connectivity index (χ2v) is 6.79. The molecular weight excluding hydrogens is 446 g/mol. The van der Waals surface area contributed by atoms with E-state index in [1.54, 1.807) is 19.2 Å². The summed E-state index contributed by atoms with van der Waals surface area (Å²) in [5.41, 5.74) is 0.947. The number of hydrogen-bond acceptors (Lipinski definition) is 3. The van der Waals surface area contributed by atoms with Crippen molar-refractivity contribution >= 4 is 29.9 Å². The maximum absolute atomic E-state index is 13.6. The van der Waals surface area contributed by atoms with Gasteiger partial charge in [0.1, 0.15) is 5.82 Å². The van der Waals surface area contributed by atoms with Crippen molar-refractivity contribution < 1.29 is 9.13 Å². The van der Waals surface area contributed by atoms with Gasteiger partial charge >= 0.3 is 0 Å². The van der Waals surface area contributed by atoms with Gasteiger partial charge in [0.25, 0.3) is 0 Å². The predicted molar refractivity (Wildman–Crippen MR) is 116 cm³/mol. The van der Waals surface area contributed by atoms with E-state index in [0.717, 1.165) is 44.2 Å². The molecule has 1 heterocycles. The second kappa shape index (κ2) is 11.7. The van der Waals surface area contributed by atoms with Crippen LogP contribution < -0.4 is 5.32 Å². The molecule has 1 N–H and O–H groups in total. The maximum atomic E-state index is 13.6. The van der Waals surface area contributed by atoms with Gasteiger partial charge in [-0.25, -0.2) is 4.39 Å². The molecule has 0 aromatic heterocycles. The van der Waals surface area contributed by atoms with Crippen molar-refractivity contribution in [3.8, 4) is 0 Å². The molecule has 0 radical (unpaired) electrons. The number of nitrogens with one attached hydrogen (secondary N) is 1. The first-order valence-electron chi connectivity index (χ1n) is 8.99. The van der Waals surface area contributed by atoms with E-state index in [-0.39, 0.29) is 35.8 Å². The molecule has 1 aliphatic heterocycles. The summed E-state index contributed by atoms with van der Waals surface area (Å²) in [6.45, 7) is 6.24. The molecule has 0 aliphatic carbocycles. The van der Waals surface area contributed by atoms with Gasteiger partial charge < -0.3 is 19.9 Å². The molecule has 1 aliphatic rings. The highest BCUT2D eigenvalue weighted by atomic mass is 127. The first-order valence-corrected chi connectivity index (χ1v) is 8.99. The van der Waals surface area contributed by atoms with E-state index in [1.807, 2.05) is 20.2 Å². The van der Waals surface area contributed by atoms with Gasteiger partial charge in [0.2, 0.25) is 0 Å². The van der Waals surface area contributed by atoms with E-state index in [2.05, 4.69) is 22.0 Å². The van der Waals surface area contributed by atoms with Crippen LogP contribution in [0.3, 0.4) is 0 Å². The Morgan fingerprint density at radius 3 is 2.85 bits per heavy atom. The van der Waals surface area contributed by atoms with Crippen LogP contribution in [0.1, 0.15) is 24.9 Å². The molecule has 0 amide bonds. The lowest BCUT2D eigenvalue weighted by molar-refractivity contribution is 0.157. The van der Waals surface area contributed by atoms with Crippen molar-refractivity contribution in [3.63, 3.8) is 0 Å². The number of aliphatic imine (C=N–C) groups is 1. The molecule has 1 aromatic rings. The molecule has 0 spiro atoms. The van der Waals surface area contributed by atoms with E-state index < -0.39 is 0 Å². The van der Waals surface area contributed by atoms with Crippen molar-refractivity contribution in [1.82, 2.24) is 15.1 Å². The molecule has 1 aromatic carbocycles. The number of rotatable bonds is 7. The quantitative estimate of drug-likeness (QED) is 0.372. The Bertz CT molecular complexity index is 570. The molecule has 5 nitrogen and oxygen atoms in total. The third-order valence-corrected chi connectivity index (χ3v) is 4.59. The summed E-state index contributed by atoms with van der Waals surface area (Å²) in [5, 5.41) is 3.39. The Hall–Kier alpha value is -0.930. The van der Waals surface area contributed by atoms with Crippen LogP contribution in [0.2, 0.25) is 0 Å². The third kappa shape index (κ3) is 6.66. The first kappa shape index (κ1) is 23.1. The Labute approximate surface area is 174 Å². The average molecular weight is 478 g/mol. The standard InChI is InChI=1S/C19H31FN4O.HI/c1-5-21-19(24-10-9-15(13-24)14-25-4)22-12-18(23(2)3)16-7-6-8-17(20)11-16;/h6-8,11,15,18H,5,9-10,12-14H2,1-4H3,(H,21,22);1H. The minimum absolute atomic E-state index is 0. The number of methoxy groups -OCH3 is 1. The van der Waals surface area contributed by atoms with Crippen LogP contribution in [0.5, 0.6) is 0 Å². The summed E-state index contributed by atoms with van der Waals surface area (Å²) in [7, 11) is 5.76. The van der Waals surface area contributed by atoms with Crippen molar-refractivity contribution in [3.05, 3.63) is 35.6 Å². The van der Waals surface area contributed by atoms with Gasteiger partial charge in [0, 0.05) is 32.7 Å². The van der Waals surface area contributed by atoms with Crippen LogP contribution in [0.4, 0.5) is 4.39 Å². The van der Waals surface area contributed by atoms with Gasteiger partial charge in [-0.05, 0) is 45.1 Å². The summed E-state index contributed by atoms with van der Waals surface area (Å²) in [6, 6.07) is 6.83. The fraction of sp³-hybridized carbons (Fsp3) is 0.632. The van der Waals surface area contributed by atoms with E-state index in [1.165, 1.54) is 6.07 Å². The lowest BCUT2D eigenvalue weighted by Crippen LogP contribution is -2.41. The van der Waals surface area contributed by atoms with Crippen LogP contribution in [0, 0.1) is 11.7 Å². The highest BCUT2D eigenvalue weighted by molar-refractivity contribution is 14.0. The number of likely N-dealkylation sites (N-methyl/N-ethyl adjacent to an activating group) is 1. The highest BCUT2D eigenvalue weighted by Crippen LogP contribution is 2.21. The Morgan fingerprint density at radius 2 is 2.23 bits per heavy atom. The van der Waals surface area contributed by atoms with Crippen LogP contribution in [0.15, 0.2) is 29.3 Å². The highest BCUT2D eigenvalue weighted by Gasteiger charge is 2.25. The fourth-order valence-corrected chi connectivity index (χ4v) is 3.28. The minimum Gasteiger partial charge on any atom is -0.384 e. The van der Waals surface area contributed by atoms with Crippen LogP contribution in [0.25, 0.3) is 0 Å². The summed E-state index contributed by atoms with van der Waals surface area (Å²) >= 11 is 0. The van der Waals surface area contributed by atoms with Crippen LogP contribution in [-0.2, 0) is 4.74 Å². The normalized spacial score (nSPS) is 18.8. The summed E-state index contributed by atoms with van der Waals surface area (Å²) in [4.78, 5) is 9.22. The molecule has 26 heavy (non-hydrogen) atoms. The maximum Gasteiger partial charge on any atom is 0.193 e. The van der Waals surface area contributed by atoms with Crippen molar-refractivity contribution in [2.45, 2.75) is 19.4 Å². The van der Waals surface area contributed by atoms with Gasteiger partial charge in [-0.3, -0.25) is 4.99 Å². The molecule has 148 valence electrons. The smallest absolute Gasteiger partial charge is 0.193 e. The summed E-state index contributed by atoms with van der Waals surface area (Å²) in [5.74, 6) is 1.29. The van der Waals surface area contributed by atoms with Gasteiger partial charge in [0.05, 0.1) is 19.2 Å². The van der Waals surface area contributed by atoms with Gasteiger partial charge in [-0.1, -0.05) is 12.1 Å². The van der Waals surface area contributed by atoms with Gasteiger partial charge in [0.15, 0.2) is 5.96 Å².